The van der Waals surface area contributed by atoms with Crippen molar-refractivity contribution in [2.24, 2.45) is 23.2 Å². The number of piperidine rings is 1. The van der Waals surface area contributed by atoms with Gasteiger partial charge in [-0.05, 0) is 88.0 Å². The zero-order valence-corrected chi connectivity index (χ0v) is 18.4. The Morgan fingerprint density at radius 2 is 1.53 bits per heavy atom. The molecule has 4 saturated carbocycles. The molecule has 4 heteroatoms. The maximum atomic E-state index is 13.3. The highest BCUT2D eigenvalue weighted by molar-refractivity contribution is 5.83. The van der Waals surface area contributed by atoms with Gasteiger partial charge in [0, 0.05) is 31.0 Å². The number of carbonyl (C=O) groups excluding carboxylic acids is 2. The topological polar surface area (TPSA) is 49.4 Å². The van der Waals surface area contributed by atoms with Crippen LogP contribution >= 0.6 is 0 Å². The second-order valence-electron chi connectivity index (χ2n) is 10.8. The fraction of sp³-hybridized carbons (Fsp3) is 0.692. The maximum Gasteiger partial charge on any atom is 0.226 e. The zero-order chi connectivity index (χ0) is 20.7. The summed E-state index contributed by atoms with van der Waals surface area (Å²) in [5, 5.41) is 3.42. The molecule has 0 radical (unpaired) electrons. The van der Waals surface area contributed by atoms with E-state index in [1.54, 1.807) is 0 Å². The second kappa shape index (κ2) is 8.01. The number of aryl methyl sites for hydroxylation is 2. The van der Waals surface area contributed by atoms with Gasteiger partial charge in [0.15, 0.2) is 0 Å². The van der Waals surface area contributed by atoms with E-state index in [4.69, 9.17) is 0 Å². The lowest BCUT2D eigenvalue weighted by Gasteiger charge is -2.56. The Kier molecular flexibility index (Phi) is 5.37. The van der Waals surface area contributed by atoms with E-state index >= 15 is 0 Å². The number of rotatable bonds is 5. The van der Waals surface area contributed by atoms with E-state index in [1.807, 2.05) is 4.90 Å². The Morgan fingerprint density at radius 3 is 2.10 bits per heavy atom. The van der Waals surface area contributed by atoms with Gasteiger partial charge >= 0.3 is 0 Å². The van der Waals surface area contributed by atoms with Crippen molar-refractivity contribution in [1.82, 2.24) is 10.2 Å². The third-order valence-corrected chi connectivity index (χ3v) is 8.45. The molecule has 2 amide bonds. The first kappa shape index (κ1) is 20.1. The van der Waals surface area contributed by atoms with E-state index in [0.717, 1.165) is 69.4 Å². The lowest BCUT2D eigenvalue weighted by atomic mass is 9.49. The third-order valence-electron chi connectivity index (χ3n) is 8.45. The van der Waals surface area contributed by atoms with Gasteiger partial charge in [-0.2, -0.15) is 0 Å². The highest BCUT2D eigenvalue weighted by Crippen LogP contribution is 2.60. The Balaban J connectivity index is 1.09. The fourth-order valence-electron chi connectivity index (χ4n) is 7.16. The molecule has 30 heavy (non-hydrogen) atoms. The van der Waals surface area contributed by atoms with Gasteiger partial charge in [-0.25, -0.2) is 0 Å². The van der Waals surface area contributed by atoms with E-state index in [0.29, 0.717) is 12.3 Å². The monoisotopic (exact) mass is 408 g/mol. The smallest absolute Gasteiger partial charge is 0.226 e. The van der Waals surface area contributed by atoms with Crippen molar-refractivity contribution in [3.8, 4) is 0 Å². The number of hydrogen-bond donors (Lipinski definition) is 1. The van der Waals surface area contributed by atoms with Crippen LogP contribution in [0.5, 0.6) is 0 Å². The Morgan fingerprint density at radius 1 is 0.967 bits per heavy atom. The Hall–Kier alpha value is -1.84. The Labute approximate surface area is 180 Å². The van der Waals surface area contributed by atoms with E-state index in [2.05, 4.69) is 36.5 Å². The zero-order valence-electron chi connectivity index (χ0n) is 18.4. The summed E-state index contributed by atoms with van der Waals surface area (Å²) < 4.78 is 0. The summed E-state index contributed by atoms with van der Waals surface area (Å²) in [4.78, 5) is 27.9. The van der Waals surface area contributed by atoms with Crippen LogP contribution in [-0.2, 0) is 16.0 Å². The van der Waals surface area contributed by atoms with Gasteiger partial charge in [-0.1, -0.05) is 29.8 Å². The van der Waals surface area contributed by atoms with Crippen molar-refractivity contribution < 1.29 is 9.59 Å². The summed E-state index contributed by atoms with van der Waals surface area (Å²) in [5.41, 5.74) is 2.42. The van der Waals surface area contributed by atoms with Crippen LogP contribution in [0.1, 0.15) is 68.9 Å². The first-order valence-electron chi connectivity index (χ1n) is 12.1. The first-order valence-corrected chi connectivity index (χ1v) is 12.1. The molecule has 0 unspecified atom stereocenters. The third kappa shape index (κ3) is 4.02. The van der Waals surface area contributed by atoms with Crippen LogP contribution in [-0.4, -0.2) is 35.8 Å². The van der Waals surface area contributed by atoms with E-state index in [1.165, 1.54) is 30.4 Å². The minimum absolute atomic E-state index is 0.0598. The molecule has 162 valence electrons. The van der Waals surface area contributed by atoms with Crippen LogP contribution in [0.4, 0.5) is 0 Å². The van der Waals surface area contributed by atoms with Crippen LogP contribution in [0, 0.1) is 30.1 Å². The van der Waals surface area contributed by atoms with Gasteiger partial charge < -0.3 is 10.2 Å². The summed E-state index contributed by atoms with van der Waals surface area (Å²) >= 11 is 0. The maximum absolute atomic E-state index is 13.3. The number of benzene rings is 1. The van der Waals surface area contributed by atoms with Gasteiger partial charge in [0.05, 0.1) is 0 Å². The van der Waals surface area contributed by atoms with Gasteiger partial charge in [-0.3, -0.25) is 9.59 Å². The number of amides is 2. The van der Waals surface area contributed by atoms with Gasteiger partial charge in [0.2, 0.25) is 11.8 Å². The van der Waals surface area contributed by atoms with Crippen molar-refractivity contribution >= 4 is 11.8 Å². The summed E-state index contributed by atoms with van der Waals surface area (Å²) in [6, 6.07) is 8.70. The molecule has 1 heterocycles. The first-order chi connectivity index (χ1) is 14.5. The van der Waals surface area contributed by atoms with Crippen LogP contribution in [0.3, 0.4) is 0 Å². The van der Waals surface area contributed by atoms with E-state index < -0.39 is 0 Å². The molecule has 0 spiro atoms. The van der Waals surface area contributed by atoms with E-state index in [9.17, 15) is 9.59 Å². The number of carbonyl (C=O) groups is 2. The largest absolute Gasteiger partial charge is 0.353 e. The van der Waals surface area contributed by atoms with Crippen LogP contribution < -0.4 is 5.32 Å². The molecule has 1 aromatic carbocycles. The lowest BCUT2D eigenvalue weighted by molar-refractivity contribution is -0.147. The van der Waals surface area contributed by atoms with E-state index in [-0.39, 0.29) is 17.4 Å². The van der Waals surface area contributed by atoms with Gasteiger partial charge in [-0.15, -0.1) is 0 Å². The van der Waals surface area contributed by atoms with Crippen molar-refractivity contribution in [2.45, 2.75) is 77.2 Å². The van der Waals surface area contributed by atoms with Gasteiger partial charge in [0.1, 0.15) is 0 Å². The molecule has 0 atom stereocenters. The molecule has 1 N–H and O–H groups in total. The molecule has 4 bridgehead atoms. The molecule has 4 nitrogen and oxygen atoms in total. The van der Waals surface area contributed by atoms with Crippen LogP contribution in [0.2, 0.25) is 0 Å². The summed E-state index contributed by atoms with van der Waals surface area (Å²) in [6.07, 6.45) is 10.7. The summed E-state index contributed by atoms with van der Waals surface area (Å²) in [5.74, 6) is 2.99. The van der Waals surface area contributed by atoms with Crippen LogP contribution in [0.15, 0.2) is 24.3 Å². The average Bonchev–Trinajstić information content (AvgIpc) is 2.73. The molecular weight excluding hydrogens is 372 g/mol. The van der Waals surface area contributed by atoms with Gasteiger partial charge in [0.25, 0.3) is 0 Å². The van der Waals surface area contributed by atoms with Crippen LogP contribution in [0.25, 0.3) is 0 Å². The molecule has 1 aliphatic heterocycles. The normalized spacial score (nSPS) is 33.0. The molecule has 5 aliphatic rings. The highest BCUT2D eigenvalue weighted by Gasteiger charge is 2.54. The molecule has 6 rings (SSSR count). The Bertz CT molecular complexity index is 756. The number of likely N-dealkylation sites (tertiary alicyclic amines) is 1. The molecule has 1 saturated heterocycles. The number of nitrogens with zero attached hydrogens (tertiary/aromatic N) is 1. The van der Waals surface area contributed by atoms with Crippen molar-refractivity contribution in [3.63, 3.8) is 0 Å². The highest BCUT2D eigenvalue weighted by atomic mass is 16.2. The quantitative estimate of drug-likeness (QED) is 0.792. The minimum atomic E-state index is -0.0598. The molecule has 0 aromatic heterocycles. The predicted molar refractivity (Wildman–Crippen MR) is 118 cm³/mol. The number of hydrogen-bond acceptors (Lipinski definition) is 2. The minimum Gasteiger partial charge on any atom is -0.353 e. The van der Waals surface area contributed by atoms with Crippen molar-refractivity contribution in [3.05, 3.63) is 35.4 Å². The molecule has 4 aliphatic carbocycles. The fourth-order valence-corrected chi connectivity index (χ4v) is 7.16. The SMILES string of the molecule is Cc1ccc(CCC(=O)N2CCC(NC(=O)C34CC5CC(CC(C5)C3)C4)CC2)cc1. The predicted octanol–water partition coefficient (Wildman–Crippen LogP) is 4.25. The second-order valence-corrected chi connectivity index (χ2v) is 10.8. The lowest BCUT2D eigenvalue weighted by Crippen LogP contribution is -2.56. The van der Waals surface area contributed by atoms with Crippen molar-refractivity contribution in [1.29, 1.82) is 0 Å². The standard InChI is InChI=1S/C26H36N2O2/c1-18-2-4-19(5-3-18)6-7-24(29)28-10-8-23(9-11-28)27-25(30)26-15-20-12-21(16-26)14-22(13-20)17-26/h2-5,20-23H,6-17H2,1H3,(H,27,30). The average molecular weight is 409 g/mol. The molecular formula is C26H36N2O2. The summed E-state index contributed by atoms with van der Waals surface area (Å²) in [7, 11) is 0. The summed E-state index contributed by atoms with van der Waals surface area (Å²) in [6.45, 7) is 3.64. The molecule has 5 fully saturated rings. The molecule has 1 aromatic rings. The number of nitrogens with one attached hydrogen (secondary N) is 1. The van der Waals surface area contributed by atoms with Crippen molar-refractivity contribution in [2.75, 3.05) is 13.1 Å².